The van der Waals surface area contributed by atoms with Crippen molar-refractivity contribution < 1.29 is 9.90 Å². The second-order valence-corrected chi connectivity index (χ2v) is 5.56. The van der Waals surface area contributed by atoms with Gasteiger partial charge in [0.25, 0.3) is 5.91 Å². The zero-order valence-electron chi connectivity index (χ0n) is 11.6. The summed E-state index contributed by atoms with van der Waals surface area (Å²) in [5.74, 6) is 0.295. The predicted molar refractivity (Wildman–Crippen MR) is 79.1 cm³/mol. The standard InChI is InChI=1S/C15H21N3O2/c19-10-11-2-1-7-18(9-11)15(20)12-3-4-13-14(8-12)17-6-5-16-13/h3-4,8,11,16-17,19H,1-2,5-7,9-10H2. The number of piperidine rings is 1. The van der Waals surface area contributed by atoms with Gasteiger partial charge < -0.3 is 20.6 Å². The Balaban J connectivity index is 1.76. The van der Waals surface area contributed by atoms with E-state index in [1.807, 2.05) is 23.1 Å². The molecule has 3 N–H and O–H groups in total. The van der Waals surface area contributed by atoms with Crippen LogP contribution in [-0.2, 0) is 0 Å². The van der Waals surface area contributed by atoms with E-state index in [2.05, 4.69) is 10.6 Å². The molecule has 1 atom stereocenters. The largest absolute Gasteiger partial charge is 0.396 e. The second kappa shape index (κ2) is 5.71. The minimum Gasteiger partial charge on any atom is -0.396 e. The lowest BCUT2D eigenvalue weighted by Crippen LogP contribution is -2.41. The van der Waals surface area contributed by atoms with Gasteiger partial charge in [-0.1, -0.05) is 0 Å². The maximum atomic E-state index is 12.5. The van der Waals surface area contributed by atoms with Crippen molar-refractivity contribution in [1.82, 2.24) is 4.90 Å². The Morgan fingerprint density at radius 2 is 2.10 bits per heavy atom. The van der Waals surface area contributed by atoms with Gasteiger partial charge in [0.05, 0.1) is 11.4 Å². The number of carbonyl (C=O) groups is 1. The lowest BCUT2D eigenvalue weighted by atomic mass is 9.98. The molecule has 3 rings (SSSR count). The summed E-state index contributed by atoms with van der Waals surface area (Å²) in [6, 6.07) is 5.76. The number of fused-ring (bicyclic) bond motifs is 1. The molecule has 5 heteroatoms. The van der Waals surface area contributed by atoms with Gasteiger partial charge in [-0.25, -0.2) is 0 Å². The van der Waals surface area contributed by atoms with E-state index in [0.29, 0.717) is 6.54 Å². The van der Waals surface area contributed by atoms with Crippen LogP contribution in [0.15, 0.2) is 18.2 Å². The van der Waals surface area contributed by atoms with Crippen molar-refractivity contribution in [2.24, 2.45) is 5.92 Å². The maximum absolute atomic E-state index is 12.5. The third kappa shape index (κ3) is 2.58. The number of aliphatic hydroxyl groups excluding tert-OH is 1. The van der Waals surface area contributed by atoms with Crippen molar-refractivity contribution in [3.8, 4) is 0 Å². The van der Waals surface area contributed by atoms with E-state index in [1.54, 1.807) is 0 Å². The smallest absolute Gasteiger partial charge is 0.253 e. The first-order valence-corrected chi connectivity index (χ1v) is 7.30. The maximum Gasteiger partial charge on any atom is 0.253 e. The molecule has 0 spiro atoms. The van der Waals surface area contributed by atoms with E-state index in [-0.39, 0.29) is 18.4 Å². The number of benzene rings is 1. The van der Waals surface area contributed by atoms with Crippen LogP contribution >= 0.6 is 0 Å². The molecule has 20 heavy (non-hydrogen) atoms. The summed E-state index contributed by atoms with van der Waals surface area (Å²) in [5, 5.41) is 15.9. The molecule has 5 nitrogen and oxygen atoms in total. The Morgan fingerprint density at radius 1 is 1.30 bits per heavy atom. The summed E-state index contributed by atoms with van der Waals surface area (Å²) in [7, 11) is 0. The fraction of sp³-hybridized carbons (Fsp3) is 0.533. The minimum atomic E-state index is 0.0679. The zero-order valence-corrected chi connectivity index (χ0v) is 11.6. The number of hydrogen-bond donors (Lipinski definition) is 3. The van der Waals surface area contributed by atoms with Gasteiger partial charge >= 0.3 is 0 Å². The summed E-state index contributed by atoms with van der Waals surface area (Å²) < 4.78 is 0. The summed E-state index contributed by atoms with van der Waals surface area (Å²) in [6.45, 7) is 3.40. The van der Waals surface area contributed by atoms with Crippen LogP contribution in [0.25, 0.3) is 0 Å². The topological polar surface area (TPSA) is 64.6 Å². The molecular formula is C15H21N3O2. The fourth-order valence-corrected chi connectivity index (χ4v) is 2.95. The molecule has 108 valence electrons. The first kappa shape index (κ1) is 13.2. The first-order chi connectivity index (χ1) is 9.78. The number of carbonyl (C=O) groups excluding carboxylic acids is 1. The van der Waals surface area contributed by atoms with Crippen LogP contribution < -0.4 is 10.6 Å². The molecule has 1 saturated heterocycles. The second-order valence-electron chi connectivity index (χ2n) is 5.56. The quantitative estimate of drug-likeness (QED) is 0.763. The van der Waals surface area contributed by atoms with Crippen LogP contribution in [0.5, 0.6) is 0 Å². The number of hydrogen-bond acceptors (Lipinski definition) is 4. The van der Waals surface area contributed by atoms with Gasteiger partial charge in [0.2, 0.25) is 0 Å². The number of amides is 1. The number of anilines is 2. The lowest BCUT2D eigenvalue weighted by Gasteiger charge is -2.32. The Labute approximate surface area is 119 Å². The SMILES string of the molecule is O=C(c1ccc2c(c1)NCCN2)N1CCCC(CO)C1. The summed E-state index contributed by atoms with van der Waals surface area (Å²) in [4.78, 5) is 14.4. The molecule has 2 aliphatic rings. The highest BCUT2D eigenvalue weighted by Gasteiger charge is 2.24. The van der Waals surface area contributed by atoms with Crippen molar-refractivity contribution in [2.45, 2.75) is 12.8 Å². The van der Waals surface area contributed by atoms with Crippen LogP contribution in [0.3, 0.4) is 0 Å². The van der Waals surface area contributed by atoms with Gasteiger partial charge in [-0.2, -0.15) is 0 Å². The average Bonchev–Trinajstić information content (AvgIpc) is 2.53. The predicted octanol–water partition coefficient (Wildman–Crippen LogP) is 1.37. The van der Waals surface area contributed by atoms with Crippen LogP contribution in [0.2, 0.25) is 0 Å². The number of nitrogens with zero attached hydrogens (tertiary/aromatic N) is 1. The third-order valence-corrected chi connectivity index (χ3v) is 4.09. The number of likely N-dealkylation sites (tertiary alicyclic amines) is 1. The van der Waals surface area contributed by atoms with Crippen LogP contribution in [0.1, 0.15) is 23.2 Å². The number of nitrogens with one attached hydrogen (secondary N) is 2. The average molecular weight is 275 g/mol. The van der Waals surface area contributed by atoms with Gasteiger partial charge in [0, 0.05) is 38.3 Å². The van der Waals surface area contributed by atoms with Gasteiger partial charge in [-0.05, 0) is 37.0 Å². The summed E-state index contributed by atoms with van der Waals surface area (Å²) in [5.41, 5.74) is 2.77. The van der Waals surface area contributed by atoms with Gasteiger partial charge in [-0.3, -0.25) is 4.79 Å². The molecule has 0 aliphatic carbocycles. The first-order valence-electron chi connectivity index (χ1n) is 7.30. The van der Waals surface area contributed by atoms with Crippen molar-refractivity contribution >= 4 is 17.3 Å². The normalized spacial score (nSPS) is 21.6. The molecule has 2 aliphatic heterocycles. The molecule has 1 aromatic carbocycles. The highest BCUT2D eigenvalue weighted by molar-refractivity contribution is 5.96. The molecule has 2 heterocycles. The third-order valence-electron chi connectivity index (χ3n) is 4.09. The molecule has 0 saturated carbocycles. The molecule has 1 aromatic rings. The lowest BCUT2D eigenvalue weighted by molar-refractivity contribution is 0.0621. The Bertz CT molecular complexity index is 504. The van der Waals surface area contributed by atoms with E-state index < -0.39 is 0 Å². The molecular weight excluding hydrogens is 254 g/mol. The van der Waals surface area contributed by atoms with E-state index in [1.165, 1.54) is 0 Å². The fourth-order valence-electron chi connectivity index (χ4n) is 2.95. The van der Waals surface area contributed by atoms with E-state index in [0.717, 1.165) is 49.4 Å². The molecule has 1 fully saturated rings. The van der Waals surface area contributed by atoms with Crippen LogP contribution in [0.4, 0.5) is 11.4 Å². The summed E-state index contributed by atoms with van der Waals surface area (Å²) >= 11 is 0. The van der Waals surface area contributed by atoms with E-state index >= 15 is 0 Å². The van der Waals surface area contributed by atoms with Crippen molar-refractivity contribution in [3.05, 3.63) is 23.8 Å². The van der Waals surface area contributed by atoms with Crippen molar-refractivity contribution in [3.63, 3.8) is 0 Å². The van der Waals surface area contributed by atoms with Crippen molar-refractivity contribution in [1.29, 1.82) is 0 Å². The molecule has 0 radical (unpaired) electrons. The number of aliphatic hydroxyl groups is 1. The van der Waals surface area contributed by atoms with Gasteiger partial charge in [0.1, 0.15) is 0 Å². The molecule has 0 bridgehead atoms. The van der Waals surface area contributed by atoms with Crippen LogP contribution in [0, 0.1) is 5.92 Å². The Morgan fingerprint density at radius 3 is 2.90 bits per heavy atom. The molecule has 1 amide bonds. The van der Waals surface area contributed by atoms with Gasteiger partial charge in [0.15, 0.2) is 0 Å². The zero-order chi connectivity index (χ0) is 13.9. The molecule has 1 unspecified atom stereocenters. The highest BCUT2D eigenvalue weighted by Crippen LogP contribution is 2.26. The monoisotopic (exact) mass is 275 g/mol. The Kier molecular flexibility index (Phi) is 3.78. The van der Waals surface area contributed by atoms with E-state index in [4.69, 9.17) is 0 Å². The van der Waals surface area contributed by atoms with Crippen LogP contribution in [-0.4, -0.2) is 48.7 Å². The summed E-state index contributed by atoms with van der Waals surface area (Å²) in [6.07, 6.45) is 1.98. The Hall–Kier alpha value is -1.75. The van der Waals surface area contributed by atoms with Gasteiger partial charge in [-0.15, -0.1) is 0 Å². The highest BCUT2D eigenvalue weighted by atomic mass is 16.3. The van der Waals surface area contributed by atoms with Crippen molar-refractivity contribution in [2.75, 3.05) is 43.4 Å². The molecule has 0 aromatic heterocycles. The van der Waals surface area contributed by atoms with E-state index in [9.17, 15) is 9.90 Å². The minimum absolute atomic E-state index is 0.0679. The number of rotatable bonds is 2.